The summed E-state index contributed by atoms with van der Waals surface area (Å²) in [5.74, 6) is 1.40. The van der Waals surface area contributed by atoms with Crippen LogP contribution in [0.15, 0.2) is 0 Å². The molecule has 0 spiro atoms. The van der Waals surface area contributed by atoms with Gasteiger partial charge in [-0.3, -0.25) is 0 Å². The fourth-order valence-electron chi connectivity index (χ4n) is 5.36. The molecule has 1 N–H and O–H groups in total. The van der Waals surface area contributed by atoms with Crippen LogP contribution < -0.4 is 0 Å². The number of hydrogen-bond acceptors (Lipinski definition) is 2. The summed E-state index contributed by atoms with van der Waals surface area (Å²) in [5, 5.41) is 10.9. The van der Waals surface area contributed by atoms with Gasteiger partial charge in [0.05, 0.1) is 12.2 Å². The van der Waals surface area contributed by atoms with Crippen molar-refractivity contribution < 1.29 is 18.6 Å². The second kappa shape index (κ2) is 4.66. The van der Waals surface area contributed by atoms with Gasteiger partial charge in [-0.1, -0.05) is 6.92 Å². The molecule has 4 rings (SSSR count). The number of rotatable bonds is 5. The summed E-state index contributed by atoms with van der Waals surface area (Å²) < 4.78 is 29.7. The van der Waals surface area contributed by atoms with Crippen molar-refractivity contribution in [3.8, 4) is 0 Å². The van der Waals surface area contributed by atoms with Crippen LogP contribution in [-0.2, 0) is 4.74 Å². The van der Waals surface area contributed by atoms with Gasteiger partial charge >= 0.3 is 0 Å². The third-order valence-corrected chi connectivity index (χ3v) is 5.95. The van der Waals surface area contributed by atoms with Gasteiger partial charge in [0, 0.05) is 0 Å². The van der Waals surface area contributed by atoms with E-state index in [0.717, 1.165) is 38.5 Å². The summed E-state index contributed by atoms with van der Waals surface area (Å²) >= 11 is 0. The minimum absolute atomic E-state index is 0.0762. The second-order valence-electron chi connectivity index (χ2n) is 7.09. The lowest BCUT2D eigenvalue weighted by atomic mass is 9.44. The van der Waals surface area contributed by atoms with Crippen LogP contribution >= 0.6 is 0 Å². The molecule has 0 radical (unpaired) electrons. The van der Waals surface area contributed by atoms with Crippen LogP contribution in [0.1, 0.15) is 45.4 Å². The fourth-order valence-corrected chi connectivity index (χ4v) is 5.36. The van der Waals surface area contributed by atoms with E-state index in [1.807, 2.05) is 0 Å². The lowest BCUT2D eigenvalue weighted by molar-refractivity contribution is -0.215. The largest absolute Gasteiger partial charge is 0.389 e. The van der Waals surface area contributed by atoms with Crippen molar-refractivity contribution in [2.45, 2.75) is 57.5 Å². The standard InChI is InChI=1S/C15H24F2O2/c1-2-15(18)11-3-10-4-12(15)7-14(5-10,6-11)9-19-8-13(16)17/h10-13,18H,2-9H2,1H3. The van der Waals surface area contributed by atoms with Gasteiger partial charge in [0.1, 0.15) is 6.61 Å². The molecule has 0 aromatic rings. The first-order valence-electron chi connectivity index (χ1n) is 7.56. The lowest BCUT2D eigenvalue weighted by Crippen LogP contribution is -2.61. The SMILES string of the molecule is CCC1(O)C2CC3CC1CC(COCC(F)F)(C3)C2. The average Bonchev–Trinajstić information content (AvgIpc) is 2.34. The molecule has 4 aliphatic carbocycles. The molecule has 0 heterocycles. The topological polar surface area (TPSA) is 29.5 Å². The molecule has 0 aromatic carbocycles. The van der Waals surface area contributed by atoms with Crippen molar-refractivity contribution in [1.29, 1.82) is 0 Å². The molecule has 0 aliphatic heterocycles. The smallest absolute Gasteiger partial charge is 0.261 e. The van der Waals surface area contributed by atoms with Crippen LogP contribution in [0.25, 0.3) is 0 Å². The first-order chi connectivity index (χ1) is 8.97. The van der Waals surface area contributed by atoms with Crippen LogP contribution in [0, 0.1) is 23.2 Å². The number of ether oxygens (including phenoxy) is 1. The predicted molar refractivity (Wildman–Crippen MR) is 68.1 cm³/mol. The molecule has 110 valence electrons. The zero-order chi connectivity index (χ0) is 13.7. The molecule has 19 heavy (non-hydrogen) atoms. The minimum atomic E-state index is -2.37. The molecule has 4 saturated carbocycles. The van der Waals surface area contributed by atoms with E-state index in [0.29, 0.717) is 24.4 Å². The van der Waals surface area contributed by atoms with Crippen molar-refractivity contribution in [1.82, 2.24) is 0 Å². The maximum Gasteiger partial charge on any atom is 0.261 e. The van der Waals surface area contributed by atoms with Crippen molar-refractivity contribution >= 4 is 0 Å². The molecule has 2 nitrogen and oxygen atoms in total. The zero-order valence-electron chi connectivity index (χ0n) is 11.6. The summed E-state index contributed by atoms with van der Waals surface area (Å²) in [6.07, 6.45) is 3.74. The van der Waals surface area contributed by atoms with Gasteiger partial charge < -0.3 is 9.84 Å². The highest BCUT2D eigenvalue weighted by Gasteiger charge is 2.60. The van der Waals surface area contributed by atoms with Gasteiger partial charge in [0.25, 0.3) is 6.43 Å². The predicted octanol–water partition coefficient (Wildman–Crippen LogP) is 3.24. The monoisotopic (exact) mass is 274 g/mol. The van der Waals surface area contributed by atoms with Gasteiger partial charge in [-0.25, -0.2) is 8.78 Å². The summed E-state index contributed by atoms with van der Waals surface area (Å²) in [4.78, 5) is 0. The highest BCUT2D eigenvalue weighted by Crippen LogP contribution is 2.64. The average molecular weight is 274 g/mol. The molecule has 4 fully saturated rings. The van der Waals surface area contributed by atoms with E-state index in [1.54, 1.807) is 0 Å². The van der Waals surface area contributed by atoms with Crippen molar-refractivity contribution in [2.24, 2.45) is 23.2 Å². The molecule has 4 aliphatic rings. The zero-order valence-corrected chi connectivity index (χ0v) is 11.6. The Balaban J connectivity index is 1.70. The maximum atomic E-state index is 12.2. The maximum absolute atomic E-state index is 12.2. The van der Waals surface area contributed by atoms with Gasteiger partial charge in [-0.15, -0.1) is 0 Å². The Labute approximate surface area is 113 Å². The highest BCUT2D eigenvalue weighted by molar-refractivity contribution is 5.11. The number of halogens is 2. The lowest BCUT2D eigenvalue weighted by Gasteiger charge is -2.63. The first kappa shape index (κ1) is 13.7. The summed E-state index contributed by atoms with van der Waals surface area (Å²) in [6, 6.07) is 0. The Morgan fingerprint density at radius 2 is 1.84 bits per heavy atom. The van der Waals surface area contributed by atoms with Gasteiger partial charge in [0.2, 0.25) is 0 Å². The normalized spacial score (nSPS) is 48.2. The Morgan fingerprint density at radius 3 is 2.37 bits per heavy atom. The van der Waals surface area contributed by atoms with Crippen molar-refractivity contribution in [3.05, 3.63) is 0 Å². The van der Waals surface area contributed by atoms with E-state index in [9.17, 15) is 13.9 Å². The first-order valence-corrected chi connectivity index (χ1v) is 7.56. The van der Waals surface area contributed by atoms with Crippen LogP contribution in [-0.4, -0.2) is 30.3 Å². The molecule has 4 heteroatoms. The van der Waals surface area contributed by atoms with Crippen LogP contribution in [0.5, 0.6) is 0 Å². The third-order valence-electron chi connectivity index (χ3n) is 5.95. The van der Waals surface area contributed by atoms with Crippen molar-refractivity contribution in [2.75, 3.05) is 13.2 Å². The van der Waals surface area contributed by atoms with E-state index in [2.05, 4.69) is 6.92 Å². The Kier molecular flexibility index (Phi) is 3.37. The number of aliphatic hydroxyl groups is 1. The van der Waals surface area contributed by atoms with E-state index in [-0.39, 0.29) is 5.41 Å². The molecule has 0 saturated heterocycles. The molecular formula is C15H24F2O2. The van der Waals surface area contributed by atoms with Crippen LogP contribution in [0.4, 0.5) is 8.78 Å². The highest BCUT2D eigenvalue weighted by atomic mass is 19.3. The minimum Gasteiger partial charge on any atom is -0.389 e. The molecule has 0 amide bonds. The molecule has 4 bridgehead atoms. The molecule has 2 atom stereocenters. The number of hydrogen-bond donors (Lipinski definition) is 1. The fraction of sp³-hybridized carbons (Fsp3) is 1.00. The van der Waals surface area contributed by atoms with Crippen LogP contribution in [0.3, 0.4) is 0 Å². The molecule has 0 aromatic heterocycles. The summed E-state index contributed by atoms with van der Waals surface area (Å²) in [7, 11) is 0. The van der Waals surface area contributed by atoms with E-state index in [1.165, 1.54) is 0 Å². The molecule has 2 unspecified atom stereocenters. The van der Waals surface area contributed by atoms with Crippen molar-refractivity contribution in [3.63, 3.8) is 0 Å². The summed E-state index contributed by atoms with van der Waals surface area (Å²) in [6.45, 7) is 2.09. The van der Waals surface area contributed by atoms with Crippen LogP contribution in [0.2, 0.25) is 0 Å². The van der Waals surface area contributed by atoms with Gasteiger partial charge in [-0.05, 0) is 61.7 Å². The Morgan fingerprint density at radius 1 is 1.21 bits per heavy atom. The molecular weight excluding hydrogens is 250 g/mol. The Hall–Kier alpha value is -0.220. The van der Waals surface area contributed by atoms with Gasteiger partial charge in [-0.2, -0.15) is 0 Å². The van der Waals surface area contributed by atoms with Gasteiger partial charge in [0.15, 0.2) is 0 Å². The summed E-state index contributed by atoms with van der Waals surface area (Å²) in [5.41, 5.74) is -0.421. The number of alkyl halides is 2. The Bertz CT molecular complexity index is 329. The van der Waals surface area contributed by atoms with E-state index in [4.69, 9.17) is 4.74 Å². The third kappa shape index (κ3) is 2.21. The van der Waals surface area contributed by atoms with E-state index < -0.39 is 18.6 Å². The van der Waals surface area contributed by atoms with E-state index >= 15 is 0 Å². The quantitative estimate of drug-likeness (QED) is 0.834. The second-order valence-corrected chi connectivity index (χ2v) is 7.09.